The fraction of sp³-hybridized carbons (Fsp3) is 0.846. The van der Waals surface area contributed by atoms with E-state index in [4.69, 9.17) is 0 Å². The highest BCUT2D eigenvalue weighted by molar-refractivity contribution is 5.76. The van der Waals surface area contributed by atoms with Crippen LogP contribution in [-0.4, -0.2) is 37.6 Å². The van der Waals surface area contributed by atoms with Crippen LogP contribution in [0.15, 0.2) is 0 Å². The number of nitrogens with one attached hydrogen (secondary N) is 1. The van der Waals surface area contributed by atoms with Crippen LogP contribution in [-0.2, 0) is 4.79 Å². The van der Waals surface area contributed by atoms with Crippen molar-refractivity contribution < 1.29 is 9.28 Å². The van der Waals surface area contributed by atoms with E-state index >= 15 is 0 Å². The molecular weight excluding hydrogens is 200 g/mol. The minimum absolute atomic E-state index is 0.0727. The van der Waals surface area contributed by atoms with E-state index in [2.05, 4.69) is 19.3 Å². The molecule has 3 heteroatoms. The molecule has 0 aliphatic heterocycles. The van der Waals surface area contributed by atoms with Crippen LogP contribution in [0.25, 0.3) is 0 Å². The number of hydrogen-bond donors (Lipinski definition) is 1. The molecule has 0 aromatic carbocycles. The zero-order valence-corrected chi connectivity index (χ0v) is 11.2. The van der Waals surface area contributed by atoms with Crippen molar-refractivity contribution in [2.45, 2.75) is 45.4 Å². The predicted molar refractivity (Wildman–Crippen MR) is 68.7 cm³/mol. The van der Waals surface area contributed by atoms with E-state index in [1.54, 1.807) is 7.05 Å². The molecular formula is C13H28N2O. The Morgan fingerprint density at radius 1 is 1.19 bits per heavy atom. The smallest absolute Gasteiger partial charge is 0.272 e. The third kappa shape index (κ3) is 8.72. The maximum absolute atomic E-state index is 11.2. The second-order valence-electron chi connectivity index (χ2n) is 4.94. The second kappa shape index (κ2) is 8.57. The standard InChI is InChI=1S/C13H28N2O/c1-5-6-7-8-9-10-11-15(3,4)12-13(16)14-2/h3,5-12H2,1-2,4H3,(H,14,16). The Hall–Kier alpha value is -0.570. The summed E-state index contributed by atoms with van der Waals surface area (Å²) in [6.45, 7) is 3.69. The van der Waals surface area contributed by atoms with Crippen LogP contribution in [0, 0.1) is 7.05 Å². The molecule has 3 nitrogen and oxygen atoms in total. The number of rotatable bonds is 9. The molecule has 1 atom stereocenters. The molecule has 1 amide bonds. The van der Waals surface area contributed by atoms with Gasteiger partial charge in [0.25, 0.3) is 5.91 Å². The monoisotopic (exact) mass is 228 g/mol. The van der Waals surface area contributed by atoms with Gasteiger partial charge < -0.3 is 9.80 Å². The highest BCUT2D eigenvalue weighted by Gasteiger charge is 2.12. The molecule has 0 fully saturated rings. The van der Waals surface area contributed by atoms with Gasteiger partial charge in [0.05, 0.1) is 6.54 Å². The lowest BCUT2D eigenvalue weighted by atomic mass is 10.1. The summed E-state index contributed by atoms with van der Waals surface area (Å²) < 4.78 is 0.549. The third-order valence-electron chi connectivity index (χ3n) is 2.86. The largest absolute Gasteiger partial charge is 0.452 e. The maximum Gasteiger partial charge on any atom is 0.272 e. The van der Waals surface area contributed by atoms with E-state index < -0.39 is 0 Å². The predicted octanol–water partition coefficient (Wildman–Crippen LogP) is 2.33. The highest BCUT2D eigenvalue weighted by atomic mass is 16.2. The summed E-state index contributed by atoms with van der Waals surface area (Å²) in [6.07, 6.45) is 7.72. The van der Waals surface area contributed by atoms with Crippen molar-refractivity contribution in [2.75, 3.05) is 27.2 Å². The minimum atomic E-state index is 0.0727. The zero-order chi connectivity index (χ0) is 12.4. The Balaban J connectivity index is 3.54. The highest BCUT2D eigenvalue weighted by Crippen LogP contribution is 2.08. The molecule has 0 bridgehead atoms. The van der Waals surface area contributed by atoms with Gasteiger partial charge in [-0.15, -0.1) is 7.05 Å². The number of unbranched alkanes of at least 4 members (excludes halogenated alkanes) is 5. The molecule has 0 aliphatic rings. The van der Waals surface area contributed by atoms with Crippen LogP contribution < -0.4 is 5.32 Å². The van der Waals surface area contributed by atoms with Gasteiger partial charge in [-0.05, 0) is 12.8 Å². The number of nitrogens with zero attached hydrogens (tertiary/aromatic N) is 1. The summed E-state index contributed by atoms with van der Waals surface area (Å²) in [5.74, 6) is 0.0727. The molecule has 0 saturated carbocycles. The first-order chi connectivity index (χ1) is 7.52. The molecule has 0 heterocycles. The number of likely N-dealkylation sites (N-methyl/N-ethyl adjacent to an activating group) is 2. The molecule has 96 valence electrons. The molecule has 1 N–H and O–H groups in total. The van der Waals surface area contributed by atoms with Gasteiger partial charge in [0.1, 0.15) is 6.54 Å². The van der Waals surface area contributed by atoms with Crippen molar-refractivity contribution in [3.63, 3.8) is 0 Å². The Kier molecular flexibility index (Phi) is 8.26. The molecule has 0 radical (unpaired) electrons. The molecule has 0 saturated heterocycles. The van der Waals surface area contributed by atoms with E-state index in [0.717, 1.165) is 6.54 Å². The summed E-state index contributed by atoms with van der Waals surface area (Å²) in [4.78, 5) is 11.2. The summed E-state index contributed by atoms with van der Waals surface area (Å²) in [5.41, 5.74) is 0. The third-order valence-corrected chi connectivity index (χ3v) is 2.86. The van der Waals surface area contributed by atoms with Gasteiger partial charge in [-0.25, -0.2) is 0 Å². The first-order valence-corrected chi connectivity index (χ1v) is 6.41. The maximum atomic E-state index is 11.2. The van der Waals surface area contributed by atoms with Crippen molar-refractivity contribution in [1.82, 2.24) is 5.32 Å². The number of carbonyl (C=O) groups excluding carboxylic acids is 1. The van der Waals surface area contributed by atoms with Gasteiger partial charge >= 0.3 is 0 Å². The van der Waals surface area contributed by atoms with Crippen LogP contribution >= 0.6 is 0 Å². The average Bonchev–Trinajstić information content (AvgIpc) is 2.22. The zero-order valence-electron chi connectivity index (χ0n) is 11.2. The fourth-order valence-electron chi connectivity index (χ4n) is 1.78. The van der Waals surface area contributed by atoms with E-state index in [9.17, 15) is 4.79 Å². The average molecular weight is 228 g/mol. The SMILES string of the molecule is [CH2-][N+](C)(CCCCCCCC)CC(=O)NC. The first-order valence-electron chi connectivity index (χ1n) is 6.41. The van der Waals surface area contributed by atoms with Crippen molar-refractivity contribution in [3.05, 3.63) is 7.05 Å². The number of amides is 1. The van der Waals surface area contributed by atoms with Crippen LogP contribution in [0.2, 0.25) is 0 Å². The lowest BCUT2D eigenvalue weighted by Crippen LogP contribution is -2.45. The van der Waals surface area contributed by atoms with E-state index in [1.807, 2.05) is 7.05 Å². The Bertz CT molecular complexity index is 190. The second-order valence-corrected chi connectivity index (χ2v) is 4.94. The van der Waals surface area contributed by atoms with E-state index in [-0.39, 0.29) is 5.91 Å². The fourth-order valence-corrected chi connectivity index (χ4v) is 1.78. The molecule has 0 rings (SSSR count). The van der Waals surface area contributed by atoms with Gasteiger partial charge in [-0.2, -0.15) is 0 Å². The van der Waals surface area contributed by atoms with Gasteiger partial charge in [-0.3, -0.25) is 4.79 Å². The Morgan fingerprint density at radius 2 is 1.75 bits per heavy atom. The lowest BCUT2D eigenvalue weighted by molar-refractivity contribution is -0.858. The van der Waals surface area contributed by atoms with Gasteiger partial charge in [0.2, 0.25) is 0 Å². The molecule has 0 aliphatic carbocycles. The lowest BCUT2D eigenvalue weighted by Gasteiger charge is -2.37. The summed E-state index contributed by atoms with van der Waals surface area (Å²) in [5, 5.41) is 2.64. The van der Waals surface area contributed by atoms with Crippen molar-refractivity contribution in [1.29, 1.82) is 0 Å². The quantitative estimate of drug-likeness (QED) is 0.366. The van der Waals surface area contributed by atoms with Crippen molar-refractivity contribution in [3.8, 4) is 0 Å². The van der Waals surface area contributed by atoms with Crippen LogP contribution in [0.4, 0.5) is 0 Å². The first kappa shape index (κ1) is 15.4. The summed E-state index contributed by atoms with van der Waals surface area (Å²) in [7, 11) is 7.76. The Labute approximate surface area is 101 Å². The molecule has 0 aromatic heterocycles. The number of hydrogen-bond acceptors (Lipinski definition) is 1. The number of carbonyl (C=O) groups is 1. The van der Waals surface area contributed by atoms with E-state index in [0.29, 0.717) is 11.0 Å². The Morgan fingerprint density at radius 3 is 2.31 bits per heavy atom. The molecule has 0 aromatic rings. The summed E-state index contributed by atoms with van der Waals surface area (Å²) >= 11 is 0. The topological polar surface area (TPSA) is 29.1 Å². The molecule has 1 unspecified atom stereocenters. The van der Waals surface area contributed by atoms with Crippen LogP contribution in [0.5, 0.6) is 0 Å². The van der Waals surface area contributed by atoms with Gasteiger partial charge in [0, 0.05) is 14.1 Å². The minimum Gasteiger partial charge on any atom is -0.452 e. The van der Waals surface area contributed by atoms with Crippen LogP contribution in [0.3, 0.4) is 0 Å². The summed E-state index contributed by atoms with van der Waals surface area (Å²) in [6, 6.07) is 0. The van der Waals surface area contributed by atoms with Crippen molar-refractivity contribution in [2.24, 2.45) is 0 Å². The van der Waals surface area contributed by atoms with Crippen molar-refractivity contribution >= 4 is 5.91 Å². The van der Waals surface area contributed by atoms with E-state index in [1.165, 1.54) is 38.5 Å². The molecule has 16 heavy (non-hydrogen) atoms. The molecule has 0 spiro atoms. The van der Waals surface area contributed by atoms with Gasteiger partial charge in [0.15, 0.2) is 0 Å². The van der Waals surface area contributed by atoms with Gasteiger partial charge in [-0.1, -0.05) is 32.6 Å². The van der Waals surface area contributed by atoms with Crippen LogP contribution in [0.1, 0.15) is 45.4 Å². The number of quaternary nitrogens is 1. The normalized spacial score (nSPS) is 14.5.